The van der Waals surface area contributed by atoms with Gasteiger partial charge in [0, 0.05) is 41.8 Å². The van der Waals surface area contributed by atoms with E-state index in [4.69, 9.17) is 0 Å². The SMILES string of the molecule is CCN(CC)CCNC(=O)c1ccc(NC(=O)c2c(C)c3ccccc3n2CC)cc1. The fourth-order valence-electron chi connectivity index (χ4n) is 3.96. The van der Waals surface area contributed by atoms with E-state index in [2.05, 4.69) is 29.4 Å². The first kappa shape index (κ1) is 22.6. The second-order valence-electron chi connectivity index (χ2n) is 7.55. The first-order valence-electron chi connectivity index (χ1n) is 11.0. The van der Waals surface area contributed by atoms with Gasteiger partial charge in [-0.15, -0.1) is 0 Å². The Labute approximate surface area is 184 Å². The van der Waals surface area contributed by atoms with Gasteiger partial charge in [0.15, 0.2) is 0 Å². The molecule has 0 saturated heterocycles. The molecule has 31 heavy (non-hydrogen) atoms. The lowest BCUT2D eigenvalue weighted by molar-refractivity contribution is 0.0948. The van der Waals surface area contributed by atoms with Crippen molar-refractivity contribution >= 4 is 28.4 Å². The van der Waals surface area contributed by atoms with Crippen LogP contribution >= 0.6 is 0 Å². The number of benzene rings is 2. The average molecular weight is 421 g/mol. The molecule has 0 saturated carbocycles. The Morgan fingerprint density at radius 3 is 2.26 bits per heavy atom. The van der Waals surface area contributed by atoms with Crippen LogP contribution in [-0.2, 0) is 6.54 Å². The molecule has 6 nitrogen and oxygen atoms in total. The Balaban J connectivity index is 1.68. The number of para-hydroxylation sites is 1. The fourth-order valence-corrected chi connectivity index (χ4v) is 3.96. The first-order valence-corrected chi connectivity index (χ1v) is 11.0. The van der Waals surface area contributed by atoms with E-state index in [1.54, 1.807) is 24.3 Å². The highest BCUT2D eigenvalue weighted by molar-refractivity contribution is 6.08. The Morgan fingerprint density at radius 1 is 0.935 bits per heavy atom. The Morgan fingerprint density at radius 2 is 1.61 bits per heavy atom. The lowest BCUT2D eigenvalue weighted by atomic mass is 10.1. The third kappa shape index (κ3) is 4.97. The van der Waals surface area contributed by atoms with Gasteiger partial charge in [-0.05, 0) is 62.8 Å². The molecule has 0 spiro atoms. The number of anilines is 1. The van der Waals surface area contributed by atoms with Crippen LogP contribution in [-0.4, -0.2) is 47.5 Å². The van der Waals surface area contributed by atoms with E-state index in [0.29, 0.717) is 30.0 Å². The molecule has 2 aromatic carbocycles. The summed E-state index contributed by atoms with van der Waals surface area (Å²) >= 11 is 0. The molecule has 0 atom stereocenters. The molecule has 0 unspecified atom stereocenters. The maximum absolute atomic E-state index is 13.0. The van der Waals surface area contributed by atoms with Crippen molar-refractivity contribution in [3.8, 4) is 0 Å². The van der Waals surface area contributed by atoms with E-state index >= 15 is 0 Å². The number of hydrogen-bond acceptors (Lipinski definition) is 3. The van der Waals surface area contributed by atoms with Crippen LogP contribution in [0.25, 0.3) is 10.9 Å². The number of nitrogens with zero attached hydrogens (tertiary/aromatic N) is 2. The Bertz CT molecular complexity index is 1050. The van der Waals surface area contributed by atoms with Gasteiger partial charge in [-0.3, -0.25) is 9.59 Å². The number of likely N-dealkylation sites (N-methyl/N-ethyl adjacent to an activating group) is 1. The Kier molecular flexibility index (Phi) is 7.47. The average Bonchev–Trinajstić information content (AvgIpc) is 3.09. The maximum Gasteiger partial charge on any atom is 0.272 e. The second-order valence-corrected chi connectivity index (χ2v) is 7.55. The largest absolute Gasteiger partial charge is 0.351 e. The number of amides is 2. The van der Waals surface area contributed by atoms with Crippen molar-refractivity contribution in [2.24, 2.45) is 0 Å². The summed E-state index contributed by atoms with van der Waals surface area (Å²) in [5, 5.41) is 7.02. The predicted molar refractivity (Wildman–Crippen MR) is 127 cm³/mol. The molecule has 0 bridgehead atoms. The van der Waals surface area contributed by atoms with E-state index in [-0.39, 0.29) is 11.8 Å². The number of rotatable bonds is 9. The van der Waals surface area contributed by atoms with E-state index in [0.717, 1.165) is 36.1 Å². The molecule has 0 aliphatic carbocycles. The molecular weight excluding hydrogens is 388 g/mol. The van der Waals surface area contributed by atoms with Crippen LogP contribution in [0.15, 0.2) is 48.5 Å². The quantitative estimate of drug-likeness (QED) is 0.543. The minimum atomic E-state index is -0.146. The van der Waals surface area contributed by atoms with E-state index in [1.165, 1.54) is 0 Å². The number of fused-ring (bicyclic) bond motifs is 1. The lowest BCUT2D eigenvalue weighted by Crippen LogP contribution is -2.34. The lowest BCUT2D eigenvalue weighted by Gasteiger charge is -2.18. The summed E-state index contributed by atoms with van der Waals surface area (Å²) in [4.78, 5) is 27.7. The summed E-state index contributed by atoms with van der Waals surface area (Å²) in [5.41, 5.74) is 3.94. The number of aryl methyl sites for hydroxylation is 2. The summed E-state index contributed by atoms with van der Waals surface area (Å²) in [7, 11) is 0. The van der Waals surface area contributed by atoms with Crippen molar-refractivity contribution in [3.63, 3.8) is 0 Å². The predicted octanol–water partition coefficient (Wildman–Crippen LogP) is 4.29. The van der Waals surface area contributed by atoms with Gasteiger partial charge in [0.25, 0.3) is 11.8 Å². The molecule has 6 heteroatoms. The topological polar surface area (TPSA) is 66.4 Å². The van der Waals surface area contributed by atoms with Gasteiger partial charge in [-0.1, -0.05) is 32.0 Å². The van der Waals surface area contributed by atoms with Crippen molar-refractivity contribution in [1.29, 1.82) is 0 Å². The smallest absolute Gasteiger partial charge is 0.272 e. The molecule has 0 aliphatic rings. The minimum absolute atomic E-state index is 0.105. The zero-order valence-corrected chi connectivity index (χ0v) is 18.9. The molecule has 1 heterocycles. The van der Waals surface area contributed by atoms with Crippen LogP contribution in [0.1, 0.15) is 47.2 Å². The molecule has 3 rings (SSSR count). The summed E-state index contributed by atoms with van der Waals surface area (Å²) in [6.45, 7) is 12.3. The molecule has 0 radical (unpaired) electrons. The number of nitrogens with one attached hydrogen (secondary N) is 2. The van der Waals surface area contributed by atoms with Gasteiger partial charge in [0.05, 0.1) is 0 Å². The number of carbonyl (C=O) groups is 2. The van der Waals surface area contributed by atoms with Crippen molar-refractivity contribution in [2.75, 3.05) is 31.5 Å². The number of aromatic nitrogens is 1. The van der Waals surface area contributed by atoms with E-state index in [1.807, 2.05) is 42.7 Å². The van der Waals surface area contributed by atoms with Crippen molar-refractivity contribution < 1.29 is 9.59 Å². The highest BCUT2D eigenvalue weighted by Gasteiger charge is 2.19. The third-order valence-corrected chi connectivity index (χ3v) is 5.77. The van der Waals surface area contributed by atoms with Crippen LogP contribution in [0.4, 0.5) is 5.69 Å². The van der Waals surface area contributed by atoms with Crippen LogP contribution < -0.4 is 10.6 Å². The normalized spacial score (nSPS) is 11.1. The summed E-state index contributed by atoms with van der Waals surface area (Å²) in [5.74, 6) is -0.251. The van der Waals surface area contributed by atoms with Crippen molar-refractivity contribution in [3.05, 3.63) is 65.4 Å². The molecule has 1 aromatic heterocycles. The monoisotopic (exact) mass is 420 g/mol. The van der Waals surface area contributed by atoms with Crippen LogP contribution in [0.3, 0.4) is 0 Å². The number of carbonyl (C=O) groups excluding carboxylic acids is 2. The Hall–Kier alpha value is -3.12. The molecule has 0 fully saturated rings. The highest BCUT2D eigenvalue weighted by atomic mass is 16.2. The van der Waals surface area contributed by atoms with Crippen LogP contribution in [0.5, 0.6) is 0 Å². The molecule has 164 valence electrons. The van der Waals surface area contributed by atoms with Gasteiger partial charge in [-0.25, -0.2) is 0 Å². The second kappa shape index (κ2) is 10.3. The minimum Gasteiger partial charge on any atom is -0.351 e. The van der Waals surface area contributed by atoms with Gasteiger partial charge < -0.3 is 20.1 Å². The van der Waals surface area contributed by atoms with E-state index < -0.39 is 0 Å². The first-order chi connectivity index (χ1) is 15.0. The molecule has 3 aromatic rings. The van der Waals surface area contributed by atoms with Gasteiger partial charge in [0.2, 0.25) is 0 Å². The standard InChI is InChI=1S/C25H32N4O2/c1-5-28(6-2)17-16-26-24(30)19-12-14-20(15-13-19)27-25(31)23-18(4)21-10-8-9-11-22(21)29(23)7-3/h8-15H,5-7,16-17H2,1-4H3,(H,26,30)(H,27,31). The van der Waals surface area contributed by atoms with Gasteiger partial charge >= 0.3 is 0 Å². The summed E-state index contributed by atoms with van der Waals surface area (Å²) in [6.07, 6.45) is 0. The van der Waals surface area contributed by atoms with Crippen molar-refractivity contribution in [2.45, 2.75) is 34.2 Å². The maximum atomic E-state index is 13.0. The summed E-state index contributed by atoms with van der Waals surface area (Å²) < 4.78 is 2.04. The van der Waals surface area contributed by atoms with E-state index in [9.17, 15) is 9.59 Å². The molecule has 2 N–H and O–H groups in total. The highest BCUT2D eigenvalue weighted by Crippen LogP contribution is 2.26. The number of hydrogen-bond donors (Lipinski definition) is 2. The van der Waals surface area contributed by atoms with Crippen LogP contribution in [0.2, 0.25) is 0 Å². The zero-order chi connectivity index (χ0) is 22.4. The third-order valence-electron chi connectivity index (χ3n) is 5.77. The molecule has 2 amide bonds. The van der Waals surface area contributed by atoms with Gasteiger partial charge in [0.1, 0.15) is 5.69 Å². The van der Waals surface area contributed by atoms with Crippen molar-refractivity contribution in [1.82, 2.24) is 14.8 Å². The summed E-state index contributed by atoms with van der Waals surface area (Å²) in [6, 6.07) is 15.1. The molecule has 0 aliphatic heterocycles. The van der Waals surface area contributed by atoms with Gasteiger partial charge in [-0.2, -0.15) is 0 Å². The molecular formula is C25H32N4O2. The van der Waals surface area contributed by atoms with Crippen LogP contribution in [0, 0.1) is 6.92 Å². The zero-order valence-electron chi connectivity index (χ0n) is 18.9. The fraction of sp³-hybridized carbons (Fsp3) is 0.360.